The van der Waals surface area contributed by atoms with Gasteiger partial charge in [0, 0.05) is 18.1 Å². The molecule has 0 bridgehead atoms. The number of likely N-dealkylation sites (N-methyl/N-ethyl adjacent to an activating group) is 1. The van der Waals surface area contributed by atoms with E-state index in [0.29, 0.717) is 11.6 Å². The van der Waals surface area contributed by atoms with Crippen molar-refractivity contribution in [2.24, 2.45) is 0 Å². The Morgan fingerprint density at radius 1 is 1.09 bits per heavy atom. The number of ether oxygens (including phenoxy) is 1. The fourth-order valence-corrected chi connectivity index (χ4v) is 2.32. The number of methoxy groups -OCH3 is 1. The molecule has 2 rings (SSSR count). The first-order valence-corrected chi connectivity index (χ1v) is 7.21. The monoisotopic (exact) mass is 341 g/mol. The summed E-state index contributed by atoms with van der Waals surface area (Å²) in [5, 5.41) is 10.9. The predicted octanol–water partition coefficient (Wildman–Crippen LogP) is 3.94. The summed E-state index contributed by atoms with van der Waals surface area (Å²) in [5.41, 5.74) is 2.06. The molecule has 0 aliphatic heterocycles. The average Bonchev–Trinajstić information content (AvgIpc) is 2.48. The van der Waals surface area contributed by atoms with Gasteiger partial charge in [-0.25, -0.2) is 0 Å². The van der Waals surface area contributed by atoms with Gasteiger partial charge in [-0.1, -0.05) is 35.9 Å². The minimum atomic E-state index is -0.523. The molecule has 1 unspecified atom stereocenters. The standard InChI is InChI=1S/C17H20ClNO2.ClH/c1-19(11-13-3-9-16(21-2)10-4-13)12-17(20)14-5-7-15(18)8-6-14;/h3-10,17,20H,11-12H2,1-2H3;1H. The Kier molecular flexibility index (Phi) is 7.69. The van der Waals surface area contributed by atoms with Crippen LogP contribution in [0.25, 0.3) is 0 Å². The van der Waals surface area contributed by atoms with E-state index in [2.05, 4.69) is 4.90 Å². The van der Waals surface area contributed by atoms with Crippen LogP contribution in [0.4, 0.5) is 0 Å². The van der Waals surface area contributed by atoms with E-state index in [1.165, 1.54) is 5.56 Å². The number of benzene rings is 2. The van der Waals surface area contributed by atoms with Gasteiger partial charge in [0.25, 0.3) is 0 Å². The SMILES string of the molecule is COc1ccc(CN(C)CC(O)c2ccc(Cl)cc2)cc1.Cl. The molecule has 0 fully saturated rings. The lowest BCUT2D eigenvalue weighted by Crippen LogP contribution is -2.24. The molecule has 0 aliphatic carbocycles. The van der Waals surface area contributed by atoms with Gasteiger partial charge in [-0.05, 0) is 42.4 Å². The van der Waals surface area contributed by atoms with Gasteiger partial charge in [-0.3, -0.25) is 4.90 Å². The third kappa shape index (κ3) is 5.50. The summed E-state index contributed by atoms with van der Waals surface area (Å²) >= 11 is 5.85. The van der Waals surface area contributed by atoms with Crippen LogP contribution in [0.2, 0.25) is 5.02 Å². The molecule has 0 saturated heterocycles. The van der Waals surface area contributed by atoms with E-state index >= 15 is 0 Å². The highest BCUT2D eigenvalue weighted by molar-refractivity contribution is 6.30. The number of hydrogen-bond donors (Lipinski definition) is 1. The number of halogens is 2. The zero-order valence-electron chi connectivity index (χ0n) is 12.7. The van der Waals surface area contributed by atoms with Crippen LogP contribution in [0.15, 0.2) is 48.5 Å². The lowest BCUT2D eigenvalue weighted by atomic mass is 10.1. The summed E-state index contributed by atoms with van der Waals surface area (Å²) in [5.74, 6) is 0.850. The second-order valence-corrected chi connectivity index (χ2v) is 5.55. The molecule has 2 aromatic carbocycles. The van der Waals surface area contributed by atoms with E-state index in [0.717, 1.165) is 17.9 Å². The van der Waals surface area contributed by atoms with E-state index in [-0.39, 0.29) is 12.4 Å². The Morgan fingerprint density at radius 2 is 1.68 bits per heavy atom. The third-order valence-electron chi connectivity index (χ3n) is 3.35. The van der Waals surface area contributed by atoms with Crippen molar-refractivity contribution >= 4 is 24.0 Å². The van der Waals surface area contributed by atoms with Crippen molar-refractivity contribution in [3.8, 4) is 5.75 Å². The van der Waals surface area contributed by atoms with Crippen molar-refractivity contribution in [1.82, 2.24) is 4.90 Å². The van der Waals surface area contributed by atoms with E-state index in [1.807, 2.05) is 43.4 Å². The molecule has 22 heavy (non-hydrogen) atoms. The molecule has 0 aliphatic rings. The van der Waals surface area contributed by atoms with Crippen molar-refractivity contribution in [2.45, 2.75) is 12.6 Å². The topological polar surface area (TPSA) is 32.7 Å². The second kappa shape index (κ2) is 9.01. The zero-order valence-corrected chi connectivity index (χ0v) is 14.3. The van der Waals surface area contributed by atoms with Gasteiger partial charge in [0.15, 0.2) is 0 Å². The lowest BCUT2D eigenvalue weighted by Gasteiger charge is -2.21. The number of aliphatic hydroxyl groups is 1. The fraction of sp³-hybridized carbons (Fsp3) is 0.294. The molecule has 5 heteroatoms. The van der Waals surface area contributed by atoms with Crippen LogP contribution in [0.3, 0.4) is 0 Å². The molecule has 0 radical (unpaired) electrons. The van der Waals surface area contributed by atoms with Crippen LogP contribution in [-0.2, 0) is 6.54 Å². The van der Waals surface area contributed by atoms with E-state index in [4.69, 9.17) is 16.3 Å². The van der Waals surface area contributed by atoms with Crippen LogP contribution in [0.5, 0.6) is 5.75 Å². The van der Waals surface area contributed by atoms with Gasteiger partial charge in [0.1, 0.15) is 5.75 Å². The van der Waals surface area contributed by atoms with Crippen molar-refractivity contribution < 1.29 is 9.84 Å². The Balaban J connectivity index is 0.00000242. The smallest absolute Gasteiger partial charge is 0.118 e. The molecule has 120 valence electrons. The molecule has 0 aromatic heterocycles. The second-order valence-electron chi connectivity index (χ2n) is 5.11. The number of hydrogen-bond acceptors (Lipinski definition) is 3. The molecule has 0 saturated carbocycles. The van der Waals surface area contributed by atoms with Crippen molar-refractivity contribution in [3.63, 3.8) is 0 Å². The van der Waals surface area contributed by atoms with E-state index < -0.39 is 6.10 Å². The van der Waals surface area contributed by atoms with Crippen molar-refractivity contribution in [3.05, 3.63) is 64.7 Å². The van der Waals surface area contributed by atoms with Gasteiger partial charge < -0.3 is 9.84 Å². The molecule has 0 spiro atoms. The highest BCUT2D eigenvalue weighted by Gasteiger charge is 2.11. The molecular formula is C17H21Cl2NO2. The summed E-state index contributed by atoms with van der Waals surface area (Å²) < 4.78 is 5.14. The summed E-state index contributed by atoms with van der Waals surface area (Å²) in [6, 6.07) is 15.3. The zero-order chi connectivity index (χ0) is 15.2. The van der Waals surface area contributed by atoms with Crippen LogP contribution < -0.4 is 4.74 Å². The Labute approximate surface area is 142 Å². The summed E-state index contributed by atoms with van der Waals surface area (Å²) in [7, 11) is 3.65. The molecule has 1 N–H and O–H groups in total. The normalized spacial score (nSPS) is 11.9. The van der Waals surface area contributed by atoms with Crippen molar-refractivity contribution in [2.75, 3.05) is 20.7 Å². The highest BCUT2D eigenvalue weighted by Crippen LogP contribution is 2.18. The van der Waals surface area contributed by atoms with Gasteiger partial charge in [-0.15, -0.1) is 12.4 Å². The quantitative estimate of drug-likeness (QED) is 0.863. The van der Waals surface area contributed by atoms with Gasteiger partial charge >= 0.3 is 0 Å². The van der Waals surface area contributed by atoms with Gasteiger partial charge in [0.2, 0.25) is 0 Å². The van der Waals surface area contributed by atoms with Crippen molar-refractivity contribution in [1.29, 1.82) is 0 Å². The fourth-order valence-electron chi connectivity index (χ4n) is 2.19. The van der Waals surface area contributed by atoms with Crippen LogP contribution in [0.1, 0.15) is 17.2 Å². The molecule has 1 atom stereocenters. The minimum Gasteiger partial charge on any atom is -0.497 e. The average molecular weight is 342 g/mol. The first-order valence-electron chi connectivity index (χ1n) is 6.83. The summed E-state index contributed by atoms with van der Waals surface area (Å²) in [4.78, 5) is 2.08. The first kappa shape index (κ1) is 18.8. The first-order chi connectivity index (χ1) is 10.1. The lowest BCUT2D eigenvalue weighted by molar-refractivity contribution is 0.124. The van der Waals surface area contributed by atoms with Crippen LogP contribution >= 0.6 is 24.0 Å². The number of aliphatic hydroxyl groups excluding tert-OH is 1. The van der Waals surface area contributed by atoms with Gasteiger partial charge in [0.05, 0.1) is 13.2 Å². The maximum Gasteiger partial charge on any atom is 0.118 e. The predicted molar refractivity (Wildman–Crippen MR) is 93.0 cm³/mol. The molecule has 0 amide bonds. The molecular weight excluding hydrogens is 321 g/mol. The number of nitrogens with zero attached hydrogens (tertiary/aromatic N) is 1. The third-order valence-corrected chi connectivity index (χ3v) is 3.60. The number of rotatable bonds is 6. The summed E-state index contributed by atoms with van der Waals surface area (Å²) in [6.45, 7) is 1.34. The minimum absolute atomic E-state index is 0. The largest absolute Gasteiger partial charge is 0.497 e. The maximum absolute atomic E-state index is 10.2. The molecule has 3 nitrogen and oxygen atoms in total. The van der Waals surface area contributed by atoms with Crippen LogP contribution in [0, 0.1) is 0 Å². The highest BCUT2D eigenvalue weighted by atomic mass is 35.5. The summed E-state index contributed by atoms with van der Waals surface area (Å²) in [6.07, 6.45) is -0.523. The molecule has 2 aromatic rings. The Morgan fingerprint density at radius 3 is 2.23 bits per heavy atom. The molecule has 0 heterocycles. The maximum atomic E-state index is 10.2. The Bertz CT molecular complexity index is 558. The van der Waals surface area contributed by atoms with E-state index in [1.54, 1.807) is 19.2 Å². The van der Waals surface area contributed by atoms with Gasteiger partial charge in [-0.2, -0.15) is 0 Å². The van der Waals surface area contributed by atoms with Crippen LogP contribution in [-0.4, -0.2) is 30.7 Å². The van der Waals surface area contributed by atoms with E-state index in [9.17, 15) is 5.11 Å². The Hall–Kier alpha value is -1.26.